The van der Waals surface area contributed by atoms with Crippen LogP contribution in [0.25, 0.3) is 0 Å². The van der Waals surface area contributed by atoms with Crippen molar-refractivity contribution in [1.29, 1.82) is 0 Å². The van der Waals surface area contributed by atoms with Gasteiger partial charge in [0.15, 0.2) is 0 Å². The summed E-state index contributed by atoms with van der Waals surface area (Å²) in [6.45, 7) is 0. The summed E-state index contributed by atoms with van der Waals surface area (Å²) in [6.07, 6.45) is 5.89. The summed E-state index contributed by atoms with van der Waals surface area (Å²) in [6, 6.07) is 6.09. The van der Waals surface area contributed by atoms with Crippen molar-refractivity contribution in [3.63, 3.8) is 0 Å². The second kappa shape index (κ2) is 6.13. The van der Waals surface area contributed by atoms with E-state index in [0.29, 0.717) is 21.3 Å². The molecule has 2 nitrogen and oxygen atoms in total. The van der Waals surface area contributed by atoms with Crippen LogP contribution >= 0.6 is 35.6 Å². The molecule has 1 aliphatic carbocycles. The largest absolute Gasteiger partial charge is 0.389 e. The first kappa shape index (κ1) is 14.0. The third kappa shape index (κ3) is 3.11. The molecule has 1 aromatic carbocycles. The van der Waals surface area contributed by atoms with Crippen LogP contribution in [0.15, 0.2) is 18.2 Å². The van der Waals surface area contributed by atoms with E-state index in [4.69, 9.17) is 29.6 Å². The molecule has 0 amide bonds. The monoisotopic (exact) mass is 300 g/mol. The zero-order chi connectivity index (χ0) is 13.1. The van der Waals surface area contributed by atoms with E-state index in [1.165, 1.54) is 19.3 Å². The van der Waals surface area contributed by atoms with E-state index in [0.717, 1.165) is 11.3 Å². The van der Waals surface area contributed by atoms with Crippen molar-refractivity contribution in [3.05, 3.63) is 28.8 Å². The van der Waals surface area contributed by atoms with Crippen LogP contribution in [0, 0.1) is 0 Å². The van der Waals surface area contributed by atoms with E-state index in [9.17, 15) is 0 Å². The first-order valence-corrected chi connectivity index (χ1v) is 8.08. The molecular formula is C13H17ClN2S2. The molecule has 1 aliphatic rings. The molecule has 0 heterocycles. The van der Waals surface area contributed by atoms with Crippen molar-refractivity contribution < 1.29 is 0 Å². The molecule has 1 aromatic rings. The summed E-state index contributed by atoms with van der Waals surface area (Å²) in [4.78, 5) is 0.410. The van der Waals surface area contributed by atoms with Crippen LogP contribution in [0.2, 0.25) is 5.02 Å². The highest BCUT2D eigenvalue weighted by Crippen LogP contribution is 2.32. The average Bonchev–Trinajstić information content (AvgIpc) is 2.76. The molecule has 2 rings (SSSR count). The molecule has 2 atom stereocenters. The Morgan fingerprint density at radius 3 is 2.94 bits per heavy atom. The smallest absolute Gasteiger partial charge is 0.106 e. The van der Waals surface area contributed by atoms with Crippen LogP contribution in [-0.2, 0) is 0 Å². The predicted molar refractivity (Wildman–Crippen MR) is 85.9 cm³/mol. The number of nitrogens with two attached hydrogens (primary N) is 1. The van der Waals surface area contributed by atoms with Crippen LogP contribution in [0.5, 0.6) is 0 Å². The predicted octanol–water partition coefficient (Wildman–Crippen LogP) is 3.67. The highest BCUT2D eigenvalue weighted by molar-refractivity contribution is 7.99. The van der Waals surface area contributed by atoms with Crippen LogP contribution in [0.1, 0.15) is 24.8 Å². The number of thiocarbonyl (C=S) groups is 1. The van der Waals surface area contributed by atoms with E-state index in [1.54, 1.807) is 0 Å². The van der Waals surface area contributed by atoms with Gasteiger partial charge in [0.1, 0.15) is 4.99 Å². The summed E-state index contributed by atoms with van der Waals surface area (Å²) in [5.41, 5.74) is 7.58. The molecule has 98 valence electrons. The standard InChI is InChI=1S/C13H17ClN2S2/c1-18-12-4-2-3-10(12)16-11-7-8(14)5-6-9(11)13(15)17/h5-7,10,12,16H,2-4H2,1H3,(H2,15,17). The third-order valence-corrected chi connectivity index (χ3v) is 4.97. The van der Waals surface area contributed by atoms with Gasteiger partial charge in [0, 0.05) is 27.6 Å². The van der Waals surface area contributed by atoms with E-state index in [1.807, 2.05) is 30.0 Å². The zero-order valence-corrected chi connectivity index (χ0v) is 12.7. The number of nitrogens with one attached hydrogen (secondary N) is 1. The summed E-state index contributed by atoms with van der Waals surface area (Å²) >= 11 is 13.0. The van der Waals surface area contributed by atoms with Crippen molar-refractivity contribution >= 4 is 46.3 Å². The van der Waals surface area contributed by atoms with Gasteiger partial charge < -0.3 is 11.1 Å². The maximum absolute atomic E-state index is 6.05. The van der Waals surface area contributed by atoms with Crippen molar-refractivity contribution in [2.45, 2.75) is 30.6 Å². The fourth-order valence-corrected chi connectivity index (χ4v) is 3.71. The minimum absolute atomic E-state index is 0.410. The van der Waals surface area contributed by atoms with Gasteiger partial charge in [-0.3, -0.25) is 0 Å². The quantitative estimate of drug-likeness (QED) is 0.832. The van der Waals surface area contributed by atoms with Gasteiger partial charge in [-0.2, -0.15) is 11.8 Å². The number of hydrogen-bond acceptors (Lipinski definition) is 3. The van der Waals surface area contributed by atoms with Gasteiger partial charge >= 0.3 is 0 Å². The average molecular weight is 301 g/mol. The van der Waals surface area contributed by atoms with Crippen LogP contribution < -0.4 is 11.1 Å². The Hall–Kier alpha value is -0.450. The van der Waals surface area contributed by atoms with E-state index < -0.39 is 0 Å². The zero-order valence-electron chi connectivity index (χ0n) is 10.3. The SMILES string of the molecule is CSC1CCCC1Nc1cc(Cl)ccc1C(N)=S. The third-order valence-electron chi connectivity index (χ3n) is 3.34. The summed E-state index contributed by atoms with van der Waals surface area (Å²) in [5, 5.41) is 4.92. The number of hydrogen-bond donors (Lipinski definition) is 2. The Morgan fingerprint density at radius 2 is 2.28 bits per heavy atom. The van der Waals surface area contributed by atoms with Crippen molar-refractivity contribution in [3.8, 4) is 0 Å². The van der Waals surface area contributed by atoms with E-state index in [2.05, 4.69) is 11.6 Å². The van der Waals surface area contributed by atoms with Gasteiger partial charge in [0.2, 0.25) is 0 Å². The number of anilines is 1. The fraction of sp³-hybridized carbons (Fsp3) is 0.462. The highest BCUT2D eigenvalue weighted by atomic mass is 35.5. The molecule has 5 heteroatoms. The second-order valence-electron chi connectivity index (χ2n) is 4.51. The molecule has 0 aliphatic heterocycles. The lowest BCUT2D eigenvalue weighted by Crippen LogP contribution is -2.27. The second-order valence-corrected chi connectivity index (χ2v) is 6.46. The Bertz CT molecular complexity index is 451. The number of thioether (sulfide) groups is 1. The fourth-order valence-electron chi connectivity index (χ4n) is 2.42. The number of halogens is 1. The lowest BCUT2D eigenvalue weighted by atomic mass is 10.1. The molecule has 1 saturated carbocycles. The van der Waals surface area contributed by atoms with Crippen molar-refractivity contribution in [2.75, 3.05) is 11.6 Å². The van der Waals surface area contributed by atoms with Gasteiger partial charge in [-0.25, -0.2) is 0 Å². The van der Waals surface area contributed by atoms with Crippen LogP contribution in [-0.4, -0.2) is 22.5 Å². The van der Waals surface area contributed by atoms with Gasteiger partial charge in [0.25, 0.3) is 0 Å². The maximum atomic E-state index is 6.05. The molecule has 0 radical (unpaired) electrons. The Balaban J connectivity index is 2.22. The topological polar surface area (TPSA) is 38.0 Å². The number of benzene rings is 1. The van der Waals surface area contributed by atoms with E-state index in [-0.39, 0.29) is 0 Å². The normalized spacial score (nSPS) is 23.0. The van der Waals surface area contributed by atoms with Crippen molar-refractivity contribution in [2.24, 2.45) is 5.73 Å². The molecule has 2 unspecified atom stereocenters. The Kier molecular flexibility index (Phi) is 4.76. The Labute approximate surface area is 123 Å². The van der Waals surface area contributed by atoms with E-state index >= 15 is 0 Å². The Morgan fingerprint density at radius 1 is 1.50 bits per heavy atom. The molecule has 3 N–H and O–H groups in total. The first-order valence-electron chi connectivity index (χ1n) is 6.00. The van der Waals surface area contributed by atoms with Crippen LogP contribution in [0.3, 0.4) is 0 Å². The maximum Gasteiger partial charge on any atom is 0.106 e. The minimum atomic E-state index is 0.410. The minimum Gasteiger partial charge on any atom is -0.389 e. The van der Waals surface area contributed by atoms with Crippen molar-refractivity contribution in [1.82, 2.24) is 0 Å². The highest BCUT2D eigenvalue weighted by Gasteiger charge is 2.26. The van der Waals surface area contributed by atoms with Gasteiger partial charge in [-0.1, -0.05) is 30.2 Å². The lowest BCUT2D eigenvalue weighted by Gasteiger charge is -2.22. The van der Waals surface area contributed by atoms with Gasteiger partial charge in [0.05, 0.1) is 0 Å². The first-order chi connectivity index (χ1) is 8.61. The molecule has 18 heavy (non-hydrogen) atoms. The summed E-state index contributed by atoms with van der Waals surface area (Å²) in [7, 11) is 0. The molecule has 0 bridgehead atoms. The lowest BCUT2D eigenvalue weighted by molar-refractivity contribution is 0.768. The summed E-state index contributed by atoms with van der Waals surface area (Å²) < 4.78 is 0. The molecular weight excluding hydrogens is 284 g/mol. The molecule has 0 aromatic heterocycles. The molecule has 0 saturated heterocycles. The van der Waals surface area contributed by atoms with Gasteiger partial charge in [-0.15, -0.1) is 0 Å². The molecule has 1 fully saturated rings. The van der Waals surface area contributed by atoms with Crippen LogP contribution in [0.4, 0.5) is 5.69 Å². The van der Waals surface area contributed by atoms with Gasteiger partial charge in [-0.05, 0) is 37.3 Å². The number of rotatable bonds is 4. The summed E-state index contributed by atoms with van der Waals surface area (Å²) in [5.74, 6) is 0. The molecule has 0 spiro atoms.